The first-order chi connectivity index (χ1) is 15.1. The third-order valence-electron chi connectivity index (χ3n) is 3.99. The summed E-state index contributed by atoms with van der Waals surface area (Å²) in [7, 11) is -5.08. The molecule has 0 saturated carbocycles. The molecule has 0 fully saturated rings. The Bertz CT molecular complexity index is 863. The average molecular weight is 495 g/mol. The van der Waals surface area contributed by atoms with E-state index in [9.17, 15) is 38.3 Å². The number of amides is 1. The van der Waals surface area contributed by atoms with E-state index >= 15 is 0 Å². The van der Waals surface area contributed by atoms with Gasteiger partial charge in [0.05, 0.1) is 0 Å². The lowest BCUT2D eigenvalue weighted by atomic mass is 9.94. The molecule has 1 aliphatic heterocycles. The van der Waals surface area contributed by atoms with Crippen LogP contribution in [0, 0.1) is 0 Å². The van der Waals surface area contributed by atoms with Gasteiger partial charge in [-0.2, -0.15) is 0 Å². The quantitative estimate of drug-likeness (QED) is 0.205. The van der Waals surface area contributed by atoms with Crippen molar-refractivity contribution in [1.82, 2.24) is 5.32 Å². The molecule has 5 unspecified atom stereocenters. The SMILES string of the molecule is CC(=O)NC1C(OC(C)=O)C=C(P(=O)(O)O)OC1C(OC(C)=O)C(COC(C)=O)OC(C)=O. The highest BCUT2D eigenvalue weighted by atomic mass is 31.2. The van der Waals surface area contributed by atoms with Gasteiger partial charge in [-0.25, -0.2) is 0 Å². The van der Waals surface area contributed by atoms with E-state index in [1.165, 1.54) is 0 Å². The summed E-state index contributed by atoms with van der Waals surface area (Å²) in [6.45, 7) is 4.56. The molecule has 1 amide bonds. The fourth-order valence-corrected chi connectivity index (χ4v) is 3.57. The number of carbonyl (C=O) groups excluding carboxylic acids is 5. The van der Waals surface area contributed by atoms with Crippen LogP contribution in [0.4, 0.5) is 0 Å². The molecule has 1 aliphatic rings. The molecule has 0 aliphatic carbocycles. The van der Waals surface area contributed by atoms with Gasteiger partial charge in [-0.15, -0.1) is 0 Å². The largest absolute Gasteiger partial charge is 0.476 e. The van der Waals surface area contributed by atoms with Crippen LogP contribution in [-0.2, 0) is 52.2 Å². The van der Waals surface area contributed by atoms with E-state index in [-0.39, 0.29) is 0 Å². The van der Waals surface area contributed by atoms with Gasteiger partial charge in [0, 0.05) is 40.7 Å². The Labute approximate surface area is 188 Å². The summed E-state index contributed by atoms with van der Waals surface area (Å²) in [5, 5.41) is 2.41. The molecule has 0 radical (unpaired) electrons. The van der Waals surface area contributed by atoms with Gasteiger partial charge in [-0.05, 0) is 0 Å². The van der Waals surface area contributed by atoms with Gasteiger partial charge in [0.15, 0.2) is 18.3 Å². The van der Waals surface area contributed by atoms with Crippen molar-refractivity contribution in [3.63, 3.8) is 0 Å². The Hall–Kier alpha value is -2.96. The van der Waals surface area contributed by atoms with E-state index in [0.29, 0.717) is 0 Å². The van der Waals surface area contributed by atoms with Gasteiger partial charge in [0.1, 0.15) is 18.8 Å². The van der Waals surface area contributed by atoms with Crippen LogP contribution >= 0.6 is 7.60 Å². The van der Waals surface area contributed by atoms with Gasteiger partial charge < -0.3 is 38.8 Å². The van der Waals surface area contributed by atoms with Crippen molar-refractivity contribution in [2.24, 2.45) is 0 Å². The minimum atomic E-state index is -5.08. The van der Waals surface area contributed by atoms with Crippen molar-refractivity contribution in [2.75, 3.05) is 6.61 Å². The Morgan fingerprint density at radius 3 is 2.00 bits per heavy atom. The summed E-state index contributed by atoms with van der Waals surface area (Å²) in [5.74, 6) is -4.10. The number of esters is 4. The van der Waals surface area contributed by atoms with Gasteiger partial charge in [0.2, 0.25) is 11.4 Å². The van der Waals surface area contributed by atoms with E-state index in [0.717, 1.165) is 40.7 Å². The Morgan fingerprint density at radius 2 is 1.58 bits per heavy atom. The molecule has 3 N–H and O–H groups in total. The molecule has 0 aromatic rings. The maximum atomic E-state index is 11.9. The molecule has 1 rings (SSSR count). The summed E-state index contributed by atoms with van der Waals surface area (Å²) < 4.78 is 37.6. The first-order valence-electron chi connectivity index (χ1n) is 9.48. The molecule has 1 heterocycles. The van der Waals surface area contributed by atoms with Crippen LogP contribution in [0.15, 0.2) is 11.6 Å². The zero-order valence-electron chi connectivity index (χ0n) is 18.5. The Morgan fingerprint density at radius 1 is 1.00 bits per heavy atom. The highest BCUT2D eigenvalue weighted by molar-refractivity contribution is 7.56. The summed E-state index contributed by atoms with van der Waals surface area (Å²) >= 11 is 0. The van der Waals surface area contributed by atoms with Crippen molar-refractivity contribution in [2.45, 2.75) is 65.1 Å². The third kappa shape index (κ3) is 9.20. The zero-order valence-corrected chi connectivity index (χ0v) is 19.4. The van der Waals surface area contributed by atoms with E-state index in [2.05, 4.69) is 5.32 Å². The van der Waals surface area contributed by atoms with Gasteiger partial charge in [-0.3, -0.25) is 28.5 Å². The van der Waals surface area contributed by atoms with Gasteiger partial charge in [-0.1, -0.05) is 0 Å². The molecule has 14 nitrogen and oxygen atoms in total. The Kier molecular flexibility index (Phi) is 10.0. The first kappa shape index (κ1) is 28.1. The standard InChI is InChI=1S/C18H26NO13P/c1-8(20)19-16-13(29-10(3)22)6-15(33(25,26)27)32-18(16)17(31-12(5)24)14(30-11(4)23)7-28-9(2)21/h6,13-14,16-18H,7H2,1-5H3,(H,19,20)(H2,25,26,27). The van der Waals surface area contributed by atoms with E-state index in [1.807, 2.05) is 0 Å². The second-order valence-corrected chi connectivity index (χ2v) is 8.49. The highest BCUT2D eigenvalue weighted by Gasteiger charge is 2.50. The third-order valence-corrected chi connectivity index (χ3v) is 4.82. The smallest absolute Gasteiger partial charge is 0.390 e. The van der Waals surface area contributed by atoms with Crippen molar-refractivity contribution >= 4 is 37.4 Å². The molecule has 5 atom stereocenters. The molecule has 0 bridgehead atoms. The number of rotatable bonds is 9. The maximum absolute atomic E-state index is 11.9. The van der Waals surface area contributed by atoms with E-state index in [1.54, 1.807) is 0 Å². The van der Waals surface area contributed by atoms with Crippen LogP contribution in [0.3, 0.4) is 0 Å². The van der Waals surface area contributed by atoms with Gasteiger partial charge in [0.25, 0.3) is 0 Å². The van der Waals surface area contributed by atoms with Crippen LogP contribution in [0.25, 0.3) is 0 Å². The lowest BCUT2D eigenvalue weighted by molar-refractivity contribution is -0.189. The normalized spacial score (nSPS) is 21.9. The second kappa shape index (κ2) is 11.8. The van der Waals surface area contributed by atoms with Crippen LogP contribution in [0.5, 0.6) is 0 Å². The maximum Gasteiger partial charge on any atom is 0.390 e. The predicted molar refractivity (Wildman–Crippen MR) is 106 cm³/mol. The van der Waals surface area contributed by atoms with E-state index in [4.69, 9.17) is 23.7 Å². The number of carbonyl (C=O) groups is 5. The predicted octanol–water partition coefficient (Wildman–Crippen LogP) is -0.733. The van der Waals surface area contributed by atoms with Crippen molar-refractivity contribution in [3.05, 3.63) is 11.6 Å². The average Bonchev–Trinajstić information content (AvgIpc) is 2.62. The number of hydrogen-bond acceptors (Lipinski definition) is 11. The summed E-state index contributed by atoms with van der Waals surface area (Å²) in [6, 6.07) is -1.36. The number of hydrogen-bond donors (Lipinski definition) is 3. The Balaban J connectivity index is 3.62. The molecule has 0 aromatic heterocycles. The molecule has 0 spiro atoms. The second-order valence-electron chi connectivity index (χ2n) is 6.96. The van der Waals surface area contributed by atoms with E-state index < -0.39 is 79.9 Å². The van der Waals surface area contributed by atoms with Crippen molar-refractivity contribution < 1.29 is 62.0 Å². The molecule has 0 saturated heterocycles. The fraction of sp³-hybridized carbons (Fsp3) is 0.611. The molecular weight excluding hydrogens is 469 g/mol. The summed E-state index contributed by atoms with van der Waals surface area (Å²) in [4.78, 5) is 77.5. The molecule has 186 valence electrons. The fourth-order valence-electron chi connectivity index (χ4n) is 2.97. The zero-order chi connectivity index (χ0) is 25.5. The highest BCUT2D eigenvalue weighted by Crippen LogP contribution is 2.49. The monoisotopic (exact) mass is 495 g/mol. The molecule has 33 heavy (non-hydrogen) atoms. The summed E-state index contributed by atoms with van der Waals surface area (Å²) in [6.07, 6.45) is -5.52. The lowest BCUT2D eigenvalue weighted by Gasteiger charge is -2.41. The minimum Gasteiger partial charge on any atom is -0.476 e. The van der Waals surface area contributed by atoms with Crippen LogP contribution < -0.4 is 5.32 Å². The van der Waals surface area contributed by atoms with Crippen molar-refractivity contribution in [3.8, 4) is 0 Å². The first-order valence-corrected chi connectivity index (χ1v) is 11.1. The van der Waals surface area contributed by atoms with Crippen LogP contribution in [0.2, 0.25) is 0 Å². The van der Waals surface area contributed by atoms with Crippen LogP contribution in [-0.4, -0.2) is 76.6 Å². The minimum absolute atomic E-state index is 0.632. The van der Waals surface area contributed by atoms with Crippen molar-refractivity contribution in [1.29, 1.82) is 0 Å². The lowest BCUT2D eigenvalue weighted by Crippen LogP contribution is -2.61. The van der Waals surface area contributed by atoms with Gasteiger partial charge >= 0.3 is 31.5 Å². The summed E-state index contributed by atoms with van der Waals surface area (Å²) in [5.41, 5.74) is -0.938. The molecule has 15 heteroatoms. The molecular formula is C18H26NO13P. The van der Waals surface area contributed by atoms with Crippen LogP contribution in [0.1, 0.15) is 34.6 Å². The number of ether oxygens (including phenoxy) is 5. The topological polar surface area (TPSA) is 201 Å². The molecule has 0 aromatic carbocycles. The number of nitrogens with one attached hydrogen (secondary N) is 1.